The number of nitrogens with zero attached hydrogens (tertiary/aromatic N) is 4. The molecule has 2 aliphatic heterocycles. The molecule has 3 heterocycles. The van der Waals surface area contributed by atoms with Crippen molar-refractivity contribution in [3.8, 4) is 0 Å². The Hall–Kier alpha value is -1.89. The minimum Gasteiger partial charge on any atom is -0.444 e. The topological polar surface area (TPSA) is 75.6 Å². The van der Waals surface area contributed by atoms with Gasteiger partial charge >= 0.3 is 6.09 Å². The molecule has 0 N–H and O–H groups in total. The SMILES string of the molecule is CC(C)(C)OC(=O)N1C[C@@H]2CN(C(=O)c3cnc(Cl)nc3)C[C@]2(C)C1. The predicted octanol–water partition coefficient (Wildman–Crippen LogP) is 2.46. The van der Waals surface area contributed by atoms with Crippen molar-refractivity contribution in [2.45, 2.75) is 33.3 Å². The molecule has 136 valence electrons. The van der Waals surface area contributed by atoms with Gasteiger partial charge in [-0.2, -0.15) is 0 Å². The van der Waals surface area contributed by atoms with Gasteiger partial charge in [-0.15, -0.1) is 0 Å². The van der Waals surface area contributed by atoms with Crippen LogP contribution in [0.1, 0.15) is 38.1 Å². The van der Waals surface area contributed by atoms with E-state index in [-0.39, 0.29) is 28.6 Å². The summed E-state index contributed by atoms with van der Waals surface area (Å²) in [5.74, 6) is 0.133. The highest BCUT2D eigenvalue weighted by Crippen LogP contribution is 2.42. The summed E-state index contributed by atoms with van der Waals surface area (Å²) in [6.45, 7) is 10.1. The molecule has 0 aromatic carbocycles. The van der Waals surface area contributed by atoms with Crippen molar-refractivity contribution in [2.75, 3.05) is 26.2 Å². The molecule has 2 aliphatic rings. The average molecular weight is 367 g/mol. The second-order valence-corrected chi connectivity index (χ2v) is 8.48. The molecule has 0 aliphatic carbocycles. The predicted molar refractivity (Wildman–Crippen MR) is 92.3 cm³/mol. The molecule has 0 spiro atoms. The molecule has 7 nitrogen and oxygen atoms in total. The van der Waals surface area contributed by atoms with Gasteiger partial charge in [-0.25, -0.2) is 14.8 Å². The molecule has 2 fully saturated rings. The Labute approximate surface area is 152 Å². The highest BCUT2D eigenvalue weighted by Gasteiger charge is 2.52. The number of carbonyl (C=O) groups excluding carboxylic acids is 2. The van der Waals surface area contributed by atoms with Crippen LogP contribution in [-0.2, 0) is 4.74 Å². The van der Waals surface area contributed by atoms with Crippen LogP contribution in [0.5, 0.6) is 0 Å². The lowest BCUT2D eigenvalue weighted by Crippen LogP contribution is -2.40. The molecule has 0 saturated carbocycles. The average Bonchev–Trinajstić information content (AvgIpc) is 2.97. The Morgan fingerprint density at radius 3 is 2.32 bits per heavy atom. The molecular weight excluding hydrogens is 344 g/mol. The number of rotatable bonds is 1. The number of hydrogen-bond acceptors (Lipinski definition) is 5. The molecule has 1 aromatic rings. The van der Waals surface area contributed by atoms with Crippen LogP contribution < -0.4 is 0 Å². The third kappa shape index (κ3) is 3.71. The lowest BCUT2D eigenvalue weighted by molar-refractivity contribution is 0.0264. The first kappa shape index (κ1) is 17.9. The van der Waals surface area contributed by atoms with Crippen molar-refractivity contribution < 1.29 is 14.3 Å². The third-order valence-electron chi connectivity index (χ3n) is 4.78. The minimum absolute atomic E-state index is 0.101. The Morgan fingerprint density at radius 1 is 1.20 bits per heavy atom. The number of fused-ring (bicyclic) bond motifs is 1. The molecule has 0 unspecified atom stereocenters. The fourth-order valence-corrected chi connectivity index (χ4v) is 3.66. The van der Waals surface area contributed by atoms with Gasteiger partial charge in [-0.1, -0.05) is 6.92 Å². The third-order valence-corrected chi connectivity index (χ3v) is 4.97. The number of amides is 2. The van der Waals surface area contributed by atoms with Crippen LogP contribution in [0.3, 0.4) is 0 Å². The second-order valence-electron chi connectivity index (χ2n) is 8.14. The van der Waals surface area contributed by atoms with Crippen molar-refractivity contribution in [1.82, 2.24) is 19.8 Å². The summed E-state index contributed by atoms with van der Waals surface area (Å²) in [4.78, 5) is 36.2. The van der Waals surface area contributed by atoms with Crippen molar-refractivity contribution >= 4 is 23.6 Å². The van der Waals surface area contributed by atoms with Gasteiger partial charge in [0.15, 0.2) is 0 Å². The summed E-state index contributed by atoms with van der Waals surface area (Å²) in [7, 11) is 0. The standard InChI is InChI=1S/C17H23ClN4O3/c1-16(2,3)25-15(24)22-8-12-7-21(9-17(12,4)10-22)13(23)11-5-19-14(18)20-6-11/h5-6,12H,7-10H2,1-4H3/t12-,17+/m0/s1. The van der Waals surface area contributed by atoms with E-state index in [1.807, 2.05) is 25.7 Å². The van der Waals surface area contributed by atoms with E-state index in [9.17, 15) is 9.59 Å². The number of ether oxygens (including phenoxy) is 1. The fraction of sp³-hybridized carbons (Fsp3) is 0.647. The van der Waals surface area contributed by atoms with Gasteiger partial charge in [0.2, 0.25) is 5.28 Å². The van der Waals surface area contributed by atoms with Gasteiger partial charge in [-0.3, -0.25) is 4.79 Å². The smallest absolute Gasteiger partial charge is 0.410 e. The second kappa shape index (κ2) is 6.12. The maximum Gasteiger partial charge on any atom is 0.410 e. The van der Waals surface area contributed by atoms with Crippen LogP contribution >= 0.6 is 11.6 Å². The molecular formula is C17H23ClN4O3. The van der Waals surface area contributed by atoms with Crippen LogP contribution in [-0.4, -0.2) is 63.5 Å². The van der Waals surface area contributed by atoms with E-state index in [1.54, 1.807) is 4.90 Å². The van der Waals surface area contributed by atoms with Crippen molar-refractivity contribution in [3.63, 3.8) is 0 Å². The first-order valence-corrected chi connectivity index (χ1v) is 8.70. The molecule has 8 heteroatoms. The van der Waals surface area contributed by atoms with Crippen LogP contribution in [0.15, 0.2) is 12.4 Å². The highest BCUT2D eigenvalue weighted by atomic mass is 35.5. The first-order chi connectivity index (χ1) is 11.6. The molecule has 2 saturated heterocycles. The molecule has 0 bridgehead atoms. The van der Waals surface area contributed by atoms with Crippen LogP contribution in [0, 0.1) is 11.3 Å². The number of hydrogen-bond donors (Lipinski definition) is 0. The zero-order valence-corrected chi connectivity index (χ0v) is 15.7. The van der Waals surface area contributed by atoms with Crippen molar-refractivity contribution in [2.24, 2.45) is 11.3 Å². The minimum atomic E-state index is -0.508. The normalized spacial score (nSPS) is 25.9. The zero-order valence-electron chi connectivity index (χ0n) is 15.0. The van der Waals surface area contributed by atoms with Gasteiger partial charge < -0.3 is 14.5 Å². The summed E-state index contributed by atoms with van der Waals surface area (Å²) in [6.07, 6.45) is 2.61. The zero-order chi connectivity index (χ0) is 18.4. The Bertz CT molecular complexity index is 688. The molecule has 25 heavy (non-hydrogen) atoms. The van der Waals surface area contributed by atoms with Gasteiger partial charge in [0, 0.05) is 49.9 Å². The molecule has 2 amide bonds. The molecule has 1 aromatic heterocycles. The van der Waals surface area contributed by atoms with E-state index in [0.717, 1.165) is 0 Å². The highest BCUT2D eigenvalue weighted by molar-refractivity contribution is 6.28. The van der Waals surface area contributed by atoms with Crippen molar-refractivity contribution in [1.29, 1.82) is 0 Å². The number of halogens is 1. The van der Waals surface area contributed by atoms with Crippen LogP contribution in [0.25, 0.3) is 0 Å². The Kier molecular flexibility index (Phi) is 4.39. The quantitative estimate of drug-likeness (QED) is 0.713. The Morgan fingerprint density at radius 2 is 1.76 bits per heavy atom. The lowest BCUT2D eigenvalue weighted by Gasteiger charge is -2.27. The maximum absolute atomic E-state index is 12.6. The van der Waals surface area contributed by atoms with E-state index in [0.29, 0.717) is 31.7 Å². The van der Waals surface area contributed by atoms with E-state index >= 15 is 0 Å². The van der Waals surface area contributed by atoms with E-state index in [2.05, 4.69) is 16.9 Å². The van der Waals surface area contributed by atoms with Crippen LogP contribution in [0.4, 0.5) is 4.79 Å². The fourth-order valence-electron chi connectivity index (χ4n) is 3.57. The number of likely N-dealkylation sites (tertiary alicyclic amines) is 2. The Balaban J connectivity index is 1.65. The van der Waals surface area contributed by atoms with Gasteiger partial charge in [0.05, 0.1) is 5.56 Å². The summed E-state index contributed by atoms with van der Waals surface area (Å²) >= 11 is 5.67. The van der Waals surface area contributed by atoms with Gasteiger partial charge in [0.25, 0.3) is 5.91 Å². The molecule has 2 atom stereocenters. The summed E-state index contributed by atoms with van der Waals surface area (Å²) in [5, 5.41) is 0.120. The van der Waals surface area contributed by atoms with Crippen LogP contribution in [0.2, 0.25) is 5.28 Å². The van der Waals surface area contributed by atoms with Crippen molar-refractivity contribution in [3.05, 3.63) is 23.2 Å². The van der Waals surface area contributed by atoms with E-state index in [4.69, 9.17) is 16.3 Å². The largest absolute Gasteiger partial charge is 0.444 e. The number of aromatic nitrogens is 2. The van der Waals surface area contributed by atoms with E-state index in [1.165, 1.54) is 12.4 Å². The lowest BCUT2D eigenvalue weighted by atomic mass is 9.83. The molecule has 3 rings (SSSR count). The monoisotopic (exact) mass is 366 g/mol. The number of carbonyl (C=O) groups is 2. The first-order valence-electron chi connectivity index (χ1n) is 8.32. The summed E-state index contributed by atoms with van der Waals surface area (Å²) in [6, 6.07) is 0. The molecule has 0 radical (unpaired) electrons. The summed E-state index contributed by atoms with van der Waals surface area (Å²) in [5.41, 5.74) is -0.205. The van der Waals surface area contributed by atoms with Gasteiger partial charge in [0.1, 0.15) is 5.60 Å². The maximum atomic E-state index is 12.6. The van der Waals surface area contributed by atoms with E-state index < -0.39 is 5.60 Å². The van der Waals surface area contributed by atoms with Gasteiger partial charge in [-0.05, 0) is 32.4 Å². The summed E-state index contributed by atoms with van der Waals surface area (Å²) < 4.78 is 5.46.